The zero-order valence-corrected chi connectivity index (χ0v) is 12.2. The van der Waals surface area contributed by atoms with Crippen molar-refractivity contribution in [2.24, 2.45) is 0 Å². The molecule has 0 fully saturated rings. The number of sulfone groups is 1. The lowest BCUT2D eigenvalue weighted by Crippen LogP contribution is -2.33. The molecular formula is C13H16N2O4S. The van der Waals surface area contributed by atoms with E-state index in [1.165, 1.54) is 43.3 Å². The molecule has 0 bridgehead atoms. The predicted molar refractivity (Wildman–Crippen MR) is 72.9 cm³/mol. The Bertz CT molecular complexity index is 602. The molecule has 20 heavy (non-hydrogen) atoms. The van der Waals surface area contributed by atoms with Crippen molar-refractivity contribution in [3.8, 4) is 11.8 Å². The van der Waals surface area contributed by atoms with Gasteiger partial charge in [-0.3, -0.25) is 4.79 Å². The van der Waals surface area contributed by atoms with E-state index in [1.807, 2.05) is 6.07 Å². The largest absolute Gasteiger partial charge is 0.497 e. The molecule has 0 saturated carbocycles. The van der Waals surface area contributed by atoms with Crippen LogP contribution in [0.2, 0.25) is 0 Å². The highest BCUT2D eigenvalue weighted by atomic mass is 32.2. The summed E-state index contributed by atoms with van der Waals surface area (Å²) in [5.41, 5.74) is 0. The number of nitriles is 1. The molecule has 1 aromatic rings. The SMILES string of the molecule is COc1ccc(S(=O)(=O)CC(=O)N(C)CCC#N)cc1. The molecule has 0 saturated heterocycles. The van der Waals surface area contributed by atoms with E-state index in [2.05, 4.69) is 0 Å². The molecule has 1 aromatic carbocycles. The molecule has 0 aliphatic carbocycles. The Morgan fingerprint density at radius 1 is 1.35 bits per heavy atom. The third-order valence-electron chi connectivity index (χ3n) is 2.72. The summed E-state index contributed by atoms with van der Waals surface area (Å²) in [5, 5.41) is 8.44. The summed E-state index contributed by atoms with van der Waals surface area (Å²) in [5.74, 6) is -0.598. The molecule has 1 amide bonds. The van der Waals surface area contributed by atoms with Gasteiger partial charge in [0.25, 0.3) is 0 Å². The van der Waals surface area contributed by atoms with Gasteiger partial charge < -0.3 is 9.64 Å². The number of carbonyl (C=O) groups excluding carboxylic acids is 1. The van der Waals surface area contributed by atoms with Gasteiger partial charge >= 0.3 is 0 Å². The van der Waals surface area contributed by atoms with E-state index in [0.717, 1.165) is 0 Å². The molecule has 108 valence electrons. The fourth-order valence-corrected chi connectivity index (χ4v) is 2.74. The maximum Gasteiger partial charge on any atom is 0.237 e. The van der Waals surface area contributed by atoms with Gasteiger partial charge in [-0.05, 0) is 24.3 Å². The summed E-state index contributed by atoms with van der Waals surface area (Å²) in [7, 11) is -0.725. The van der Waals surface area contributed by atoms with Crippen LogP contribution in [0.15, 0.2) is 29.2 Å². The number of carbonyl (C=O) groups is 1. The Hall–Kier alpha value is -2.07. The smallest absolute Gasteiger partial charge is 0.237 e. The number of amides is 1. The molecule has 0 atom stereocenters. The van der Waals surface area contributed by atoms with Crippen LogP contribution in [0.4, 0.5) is 0 Å². The zero-order chi connectivity index (χ0) is 15.2. The molecule has 6 nitrogen and oxygen atoms in total. The number of hydrogen-bond donors (Lipinski definition) is 0. The number of rotatable bonds is 6. The van der Waals surface area contributed by atoms with Crippen LogP contribution in [0.3, 0.4) is 0 Å². The van der Waals surface area contributed by atoms with Gasteiger partial charge in [0, 0.05) is 13.6 Å². The summed E-state index contributed by atoms with van der Waals surface area (Å²) < 4.78 is 29.1. The second-order valence-electron chi connectivity index (χ2n) is 4.16. The standard InChI is InChI=1S/C13H16N2O4S/c1-15(9-3-8-14)13(16)10-20(17,18)12-6-4-11(19-2)5-7-12/h4-7H,3,9-10H2,1-2H3. The van der Waals surface area contributed by atoms with Crippen molar-refractivity contribution in [3.05, 3.63) is 24.3 Å². The molecule has 1 rings (SSSR count). The first-order valence-corrected chi connectivity index (χ1v) is 7.53. The van der Waals surface area contributed by atoms with Crippen molar-refractivity contribution in [1.29, 1.82) is 5.26 Å². The maximum absolute atomic E-state index is 12.1. The second kappa shape index (κ2) is 6.91. The minimum Gasteiger partial charge on any atom is -0.497 e. The third-order valence-corrected chi connectivity index (χ3v) is 4.33. The first-order valence-electron chi connectivity index (χ1n) is 5.88. The number of hydrogen-bond acceptors (Lipinski definition) is 5. The molecule has 7 heteroatoms. The predicted octanol–water partition coefficient (Wildman–Crippen LogP) is 0.841. The van der Waals surface area contributed by atoms with Crippen molar-refractivity contribution in [2.45, 2.75) is 11.3 Å². The molecule has 0 unspecified atom stereocenters. The lowest BCUT2D eigenvalue weighted by Gasteiger charge is -2.15. The van der Waals surface area contributed by atoms with Crippen LogP contribution in [0.1, 0.15) is 6.42 Å². The Labute approximate surface area is 118 Å². The van der Waals surface area contributed by atoms with Crippen molar-refractivity contribution < 1.29 is 17.9 Å². The van der Waals surface area contributed by atoms with Crippen LogP contribution >= 0.6 is 0 Å². The molecule has 0 aliphatic heterocycles. The van der Waals surface area contributed by atoms with Gasteiger partial charge in [-0.1, -0.05) is 0 Å². The Morgan fingerprint density at radius 2 is 1.95 bits per heavy atom. The first-order chi connectivity index (χ1) is 9.40. The number of nitrogens with zero attached hydrogens (tertiary/aromatic N) is 2. The second-order valence-corrected chi connectivity index (χ2v) is 6.15. The summed E-state index contributed by atoms with van der Waals surface area (Å²) in [4.78, 5) is 13.1. The van der Waals surface area contributed by atoms with Crippen LogP contribution in [0, 0.1) is 11.3 Å². The topological polar surface area (TPSA) is 87.5 Å². The van der Waals surface area contributed by atoms with Crippen LogP contribution < -0.4 is 4.74 Å². The Morgan fingerprint density at radius 3 is 2.45 bits per heavy atom. The minimum absolute atomic E-state index is 0.0698. The number of ether oxygens (including phenoxy) is 1. The van der Waals surface area contributed by atoms with Crippen LogP contribution in [0.5, 0.6) is 5.75 Å². The van der Waals surface area contributed by atoms with Crippen molar-refractivity contribution in [2.75, 3.05) is 26.5 Å². The van der Waals surface area contributed by atoms with E-state index in [9.17, 15) is 13.2 Å². The van der Waals surface area contributed by atoms with E-state index in [0.29, 0.717) is 5.75 Å². The highest BCUT2D eigenvalue weighted by Crippen LogP contribution is 2.17. The monoisotopic (exact) mass is 296 g/mol. The molecule has 0 aromatic heterocycles. The van der Waals surface area contributed by atoms with Gasteiger partial charge in [-0.25, -0.2) is 8.42 Å². The highest BCUT2D eigenvalue weighted by molar-refractivity contribution is 7.92. The van der Waals surface area contributed by atoms with E-state index in [1.54, 1.807) is 0 Å². The normalized spacial score (nSPS) is 10.7. The fraction of sp³-hybridized carbons (Fsp3) is 0.385. The maximum atomic E-state index is 12.1. The molecular weight excluding hydrogens is 280 g/mol. The van der Waals surface area contributed by atoms with Crippen LogP contribution in [-0.4, -0.2) is 45.7 Å². The van der Waals surface area contributed by atoms with Gasteiger partial charge in [-0.2, -0.15) is 5.26 Å². The summed E-state index contributed by atoms with van der Waals surface area (Å²) >= 11 is 0. The average molecular weight is 296 g/mol. The molecule has 0 spiro atoms. The Kier molecular flexibility index (Phi) is 5.53. The lowest BCUT2D eigenvalue weighted by molar-refractivity contribution is -0.127. The van der Waals surface area contributed by atoms with E-state index in [-0.39, 0.29) is 17.9 Å². The van der Waals surface area contributed by atoms with Crippen molar-refractivity contribution in [3.63, 3.8) is 0 Å². The van der Waals surface area contributed by atoms with Gasteiger partial charge in [-0.15, -0.1) is 0 Å². The van der Waals surface area contributed by atoms with Gasteiger partial charge in [0.15, 0.2) is 9.84 Å². The van der Waals surface area contributed by atoms with Gasteiger partial charge in [0.2, 0.25) is 5.91 Å². The van der Waals surface area contributed by atoms with Gasteiger partial charge in [0.1, 0.15) is 11.5 Å². The summed E-state index contributed by atoms with van der Waals surface area (Å²) in [6.07, 6.45) is 0.171. The Balaban J connectivity index is 2.78. The number of benzene rings is 1. The third kappa shape index (κ3) is 4.24. The molecule has 0 N–H and O–H groups in total. The minimum atomic E-state index is -3.68. The zero-order valence-electron chi connectivity index (χ0n) is 11.4. The number of methoxy groups -OCH3 is 1. The van der Waals surface area contributed by atoms with Gasteiger partial charge in [0.05, 0.1) is 24.5 Å². The van der Waals surface area contributed by atoms with Crippen LogP contribution in [-0.2, 0) is 14.6 Å². The molecule has 0 aliphatic rings. The molecule has 0 radical (unpaired) electrons. The quantitative estimate of drug-likeness (QED) is 0.776. The van der Waals surface area contributed by atoms with E-state index >= 15 is 0 Å². The lowest BCUT2D eigenvalue weighted by atomic mass is 10.3. The summed E-state index contributed by atoms with van der Waals surface area (Å²) in [6, 6.07) is 7.75. The molecule has 0 heterocycles. The highest BCUT2D eigenvalue weighted by Gasteiger charge is 2.21. The van der Waals surface area contributed by atoms with Crippen molar-refractivity contribution >= 4 is 15.7 Å². The summed E-state index contributed by atoms with van der Waals surface area (Å²) in [6.45, 7) is 0.216. The van der Waals surface area contributed by atoms with E-state index < -0.39 is 21.5 Å². The first kappa shape index (κ1) is 16.0. The average Bonchev–Trinajstić information content (AvgIpc) is 2.44. The fourth-order valence-electron chi connectivity index (χ4n) is 1.48. The van der Waals surface area contributed by atoms with E-state index in [4.69, 9.17) is 10.00 Å². The van der Waals surface area contributed by atoms with Crippen LogP contribution in [0.25, 0.3) is 0 Å². The van der Waals surface area contributed by atoms with Crippen molar-refractivity contribution in [1.82, 2.24) is 4.90 Å².